The Kier molecular flexibility index (Phi) is 5.35. The Morgan fingerprint density at radius 2 is 2.08 bits per heavy atom. The molecule has 6 heteroatoms. The van der Waals surface area contributed by atoms with E-state index in [1.165, 1.54) is 9.80 Å². The van der Waals surface area contributed by atoms with Gasteiger partial charge in [-0.05, 0) is 18.2 Å². The smallest absolute Gasteiger partial charge is 0.253 e. The second-order valence-electron chi connectivity index (χ2n) is 6.12. The Labute approximate surface area is 143 Å². The van der Waals surface area contributed by atoms with Gasteiger partial charge in [0.05, 0.1) is 24.7 Å². The normalized spacial score (nSPS) is 15.8. The summed E-state index contributed by atoms with van der Waals surface area (Å²) in [5.41, 5.74) is 1.40. The Balaban J connectivity index is 2.18. The number of hydrogen-bond acceptors (Lipinski definition) is 4. The van der Waals surface area contributed by atoms with Crippen LogP contribution in [0.3, 0.4) is 0 Å². The van der Waals surface area contributed by atoms with Crippen LogP contribution in [-0.2, 0) is 4.79 Å². The average Bonchev–Trinajstić information content (AvgIpc) is 2.56. The Morgan fingerprint density at radius 1 is 1.38 bits per heavy atom. The number of fused-ring (bicyclic) bond motifs is 1. The Bertz CT molecular complexity index is 679. The second kappa shape index (κ2) is 7.26. The van der Waals surface area contributed by atoms with Crippen molar-refractivity contribution >= 4 is 17.5 Å². The number of ether oxygens (including phenoxy) is 1. The maximum absolute atomic E-state index is 12.2. The summed E-state index contributed by atoms with van der Waals surface area (Å²) in [6, 6.07) is 5.25. The molecular formula is C18H23N3O3. The van der Waals surface area contributed by atoms with E-state index >= 15 is 0 Å². The third-order valence-corrected chi connectivity index (χ3v) is 4.14. The van der Waals surface area contributed by atoms with Crippen molar-refractivity contribution in [3.05, 3.63) is 23.8 Å². The fraction of sp³-hybridized carbons (Fsp3) is 0.444. The van der Waals surface area contributed by atoms with Crippen LogP contribution in [0.1, 0.15) is 16.8 Å². The third kappa shape index (κ3) is 3.62. The molecule has 0 spiro atoms. The molecule has 1 atom stereocenters. The van der Waals surface area contributed by atoms with Crippen LogP contribution < -0.4 is 9.64 Å². The van der Waals surface area contributed by atoms with Crippen LogP contribution in [0, 0.1) is 12.3 Å². The molecule has 24 heavy (non-hydrogen) atoms. The molecule has 0 saturated carbocycles. The van der Waals surface area contributed by atoms with Crippen LogP contribution in [-0.4, -0.2) is 69.0 Å². The molecule has 1 aliphatic rings. The van der Waals surface area contributed by atoms with Crippen molar-refractivity contribution < 1.29 is 14.3 Å². The number of nitrogens with zero attached hydrogens (tertiary/aromatic N) is 3. The lowest BCUT2D eigenvalue weighted by atomic mass is 10.1. The number of anilines is 1. The van der Waals surface area contributed by atoms with Crippen molar-refractivity contribution in [2.45, 2.75) is 12.5 Å². The first kappa shape index (κ1) is 17.7. The predicted molar refractivity (Wildman–Crippen MR) is 93.2 cm³/mol. The van der Waals surface area contributed by atoms with E-state index in [4.69, 9.17) is 11.2 Å². The van der Waals surface area contributed by atoms with Crippen molar-refractivity contribution in [2.24, 2.45) is 0 Å². The van der Waals surface area contributed by atoms with E-state index in [2.05, 4.69) is 5.92 Å². The highest BCUT2D eigenvalue weighted by Crippen LogP contribution is 2.34. The molecule has 0 aromatic heterocycles. The number of likely N-dealkylation sites (N-methyl/N-ethyl adjacent to an activating group) is 1. The highest BCUT2D eigenvalue weighted by atomic mass is 16.5. The minimum absolute atomic E-state index is 0.0302. The molecule has 0 fully saturated rings. The molecule has 0 bridgehead atoms. The van der Waals surface area contributed by atoms with E-state index in [0.29, 0.717) is 24.3 Å². The fourth-order valence-corrected chi connectivity index (χ4v) is 2.58. The summed E-state index contributed by atoms with van der Waals surface area (Å²) in [6.45, 7) is 0.703. The zero-order valence-corrected chi connectivity index (χ0v) is 14.6. The van der Waals surface area contributed by atoms with Crippen LogP contribution in [0.15, 0.2) is 18.2 Å². The summed E-state index contributed by atoms with van der Waals surface area (Å²) in [6.07, 6.45) is 5.55. The lowest BCUT2D eigenvalue weighted by Crippen LogP contribution is -2.44. The molecule has 2 amide bonds. The van der Waals surface area contributed by atoms with Crippen molar-refractivity contribution in [3.8, 4) is 18.1 Å². The molecule has 1 aromatic carbocycles. The summed E-state index contributed by atoms with van der Waals surface area (Å²) in [5.74, 6) is 3.08. The van der Waals surface area contributed by atoms with Gasteiger partial charge in [-0.15, -0.1) is 6.42 Å². The summed E-state index contributed by atoms with van der Waals surface area (Å²) < 4.78 is 5.76. The molecule has 2 rings (SSSR count). The van der Waals surface area contributed by atoms with Crippen molar-refractivity contribution in [2.75, 3.05) is 46.2 Å². The summed E-state index contributed by atoms with van der Waals surface area (Å²) in [4.78, 5) is 29.4. The van der Waals surface area contributed by atoms with Gasteiger partial charge in [-0.2, -0.15) is 0 Å². The quantitative estimate of drug-likeness (QED) is 0.776. The minimum Gasteiger partial charge on any atom is -0.489 e. The van der Waals surface area contributed by atoms with Gasteiger partial charge < -0.3 is 19.4 Å². The number of carbonyl (C=O) groups excluding carboxylic acids is 2. The topological polar surface area (TPSA) is 53.1 Å². The summed E-state index contributed by atoms with van der Waals surface area (Å²) >= 11 is 0. The van der Waals surface area contributed by atoms with Gasteiger partial charge in [0.25, 0.3) is 5.91 Å². The first-order chi connectivity index (χ1) is 11.3. The first-order valence-corrected chi connectivity index (χ1v) is 7.74. The van der Waals surface area contributed by atoms with Gasteiger partial charge in [-0.25, -0.2) is 0 Å². The van der Waals surface area contributed by atoms with Crippen molar-refractivity contribution in [3.63, 3.8) is 0 Å². The van der Waals surface area contributed by atoms with E-state index in [1.54, 1.807) is 39.3 Å². The average molecular weight is 329 g/mol. The number of amides is 2. The molecule has 0 saturated heterocycles. The van der Waals surface area contributed by atoms with E-state index in [0.717, 1.165) is 5.69 Å². The molecule has 0 aliphatic carbocycles. The maximum Gasteiger partial charge on any atom is 0.253 e. The standard InChI is InChI=1S/C18H23N3O3/c1-6-9-20(4)17(22)11-14-12-24-16-8-7-13(18(23)19(2)3)10-15(16)21(14)5/h1,7-8,10,14H,9,11-12H2,2-5H3/t14-/m0/s1. The molecule has 1 aliphatic heterocycles. The van der Waals surface area contributed by atoms with Crippen molar-refractivity contribution in [1.29, 1.82) is 0 Å². The molecule has 0 unspecified atom stereocenters. The van der Waals surface area contributed by atoms with Crippen molar-refractivity contribution in [1.82, 2.24) is 9.80 Å². The van der Waals surface area contributed by atoms with Gasteiger partial charge in [-0.1, -0.05) is 5.92 Å². The third-order valence-electron chi connectivity index (χ3n) is 4.14. The summed E-state index contributed by atoms with van der Waals surface area (Å²) in [7, 11) is 7.02. The van der Waals surface area contributed by atoms with E-state index < -0.39 is 0 Å². The lowest BCUT2D eigenvalue weighted by Gasteiger charge is -2.36. The largest absolute Gasteiger partial charge is 0.489 e. The molecular weight excluding hydrogens is 306 g/mol. The number of carbonyl (C=O) groups is 2. The summed E-state index contributed by atoms with van der Waals surface area (Å²) in [5, 5.41) is 0. The zero-order chi connectivity index (χ0) is 17.9. The van der Waals surface area contributed by atoms with E-state index in [-0.39, 0.29) is 24.4 Å². The zero-order valence-electron chi connectivity index (χ0n) is 14.6. The number of benzene rings is 1. The Morgan fingerprint density at radius 3 is 2.71 bits per heavy atom. The van der Waals surface area contributed by atoms with E-state index in [9.17, 15) is 9.59 Å². The molecule has 0 radical (unpaired) electrons. The highest BCUT2D eigenvalue weighted by Gasteiger charge is 2.28. The molecule has 0 N–H and O–H groups in total. The predicted octanol–water partition coefficient (Wildman–Crippen LogP) is 1.07. The molecule has 1 heterocycles. The van der Waals surface area contributed by atoms with Gasteiger partial charge >= 0.3 is 0 Å². The fourth-order valence-electron chi connectivity index (χ4n) is 2.58. The van der Waals surface area contributed by atoms with Crippen LogP contribution in [0.25, 0.3) is 0 Å². The number of rotatable bonds is 4. The van der Waals surface area contributed by atoms with Crippen LogP contribution in [0.2, 0.25) is 0 Å². The molecule has 6 nitrogen and oxygen atoms in total. The van der Waals surface area contributed by atoms with Gasteiger partial charge in [0.1, 0.15) is 12.4 Å². The monoisotopic (exact) mass is 329 g/mol. The van der Waals surface area contributed by atoms with Crippen LogP contribution >= 0.6 is 0 Å². The molecule has 1 aromatic rings. The SMILES string of the molecule is C#CCN(C)C(=O)C[C@H]1COc2ccc(C(=O)N(C)C)cc2N1C. The number of hydrogen-bond donors (Lipinski definition) is 0. The second-order valence-corrected chi connectivity index (χ2v) is 6.12. The highest BCUT2D eigenvalue weighted by molar-refractivity contribution is 5.95. The van der Waals surface area contributed by atoms with Gasteiger partial charge in [0.15, 0.2) is 0 Å². The minimum atomic E-state index is -0.102. The van der Waals surface area contributed by atoms with Gasteiger partial charge in [0, 0.05) is 33.8 Å². The van der Waals surface area contributed by atoms with E-state index in [1.807, 2.05) is 11.9 Å². The van der Waals surface area contributed by atoms with Gasteiger partial charge in [0.2, 0.25) is 5.91 Å². The number of terminal acetylenes is 1. The Hall–Kier alpha value is -2.68. The van der Waals surface area contributed by atoms with Crippen LogP contribution in [0.4, 0.5) is 5.69 Å². The maximum atomic E-state index is 12.2. The first-order valence-electron chi connectivity index (χ1n) is 7.74. The van der Waals surface area contributed by atoms with Crippen LogP contribution in [0.5, 0.6) is 5.75 Å². The van der Waals surface area contributed by atoms with Gasteiger partial charge in [-0.3, -0.25) is 9.59 Å². The molecule has 128 valence electrons. The lowest BCUT2D eigenvalue weighted by molar-refractivity contribution is -0.129.